The van der Waals surface area contributed by atoms with Crippen LogP contribution in [0, 0.1) is 17.1 Å². The van der Waals surface area contributed by atoms with Gasteiger partial charge in [0.25, 0.3) is 0 Å². The number of aliphatic hydroxyl groups excluding tert-OH is 1. The van der Waals surface area contributed by atoms with Crippen molar-refractivity contribution in [1.29, 1.82) is 5.26 Å². The van der Waals surface area contributed by atoms with Crippen LogP contribution in [-0.4, -0.2) is 39.9 Å². The van der Waals surface area contributed by atoms with Crippen LogP contribution in [0.15, 0.2) is 23.1 Å². The summed E-state index contributed by atoms with van der Waals surface area (Å²) in [5.74, 6) is -0.794. The number of hydrogen-bond acceptors (Lipinski definition) is 5. The lowest BCUT2D eigenvalue weighted by molar-refractivity contribution is 0.139. The number of nitrogens with zero attached hydrogens (tertiary/aromatic N) is 1. The number of rotatable bonds is 6. The molecular weight excluding hydrogens is 275 g/mol. The number of nitrogens with one attached hydrogen (secondary N) is 1. The summed E-state index contributed by atoms with van der Waals surface area (Å²) in [5, 5.41) is 17.6. The molecule has 0 aromatic heterocycles. The quantitative estimate of drug-likeness (QED) is 0.766. The van der Waals surface area contributed by atoms with E-state index < -0.39 is 28.5 Å². The minimum Gasteiger partial charge on any atom is -0.395 e. The third kappa shape index (κ3) is 3.97. The zero-order valence-electron chi connectivity index (χ0n) is 10.1. The zero-order valence-corrected chi connectivity index (χ0v) is 10.9. The number of hydrogen-bond donors (Lipinski definition) is 2. The van der Waals surface area contributed by atoms with E-state index in [0.717, 1.165) is 18.2 Å². The molecule has 1 aromatic rings. The van der Waals surface area contributed by atoms with Crippen molar-refractivity contribution >= 4 is 10.0 Å². The average Bonchev–Trinajstić information content (AvgIpc) is 2.38. The van der Waals surface area contributed by atoms with Crippen LogP contribution in [0.2, 0.25) is 0 Å². The molecule has 1 unspecified atom stereocenters. The molecule has 0 saturated carbocycles. The van der Waals surface area contributed by atoms with Gasteiger partial charge in [-0.15, -0.1) is 0 Å². The monoisotopic (exact) mass is 288 g/mol. The number of aliphatic hydroxyl groups is 1. The maximum Gasteiger partial charge on any atom is 0.241 e. The van der Waals surface area contributed by atoms with E-state index >= 15 is 0 Å². The molecule has 0 aliphatic carbocycles. The molecule has 0 spiro atoms. The van der Waals surface area contributed by atoms with Crippen molar-refractivity contribution in [1.82, 2.24) is 4.72 Å². The minimum atomic E-state index is -3.95. The molecule has 0 amide bonds. The van der Waals surface area contributed by atoms with Gasteiger partial charge in [0.2, 0.25) is 10.0 Å². The normalized spacial score (nSPS) is 12.9. The van der Waals surface area contributed by atoms with Gasteiger partial charge < -0.3 is 9.84 Å². The maximum atomic E-state index is 13.1. The number of nitriles is 1. The van der Waals surface area contributed by atoms with E-state index in [1.807, 2.05) is 0 Å². The fourth-order valence-corrected chi connectivity index (χ4v) is 2.61. The zero-order chi connectivity index (χ0) is 14.5. The summed E-state index contributed by atoms with van der Waals surface area (Å²) in [6.45, 7) is -0.457. The molecule has 104 valence electrons. The van der Waals surface area contributed by atoms with Crippen LogP contribution in [0.25, 0.3) is 0 Å². The van der Waals surface area contributed by atoms with Crippen LogP contribution in [0.3, 0.4) is 0 Å². The van der Waals surface area contributed by atoms with Crippen molar-refractivity contribution in [2.45, 2.75) is 10.9 Å². The van der Waals surface area contributed by atoms with Crippen LogP contribution in [-0.2, 0) is 14.8 Å². The minimum absolute atomic E-state index is 0.0119. The molecule has 1 atom stereocenters. The lowest BCUT2D eigenvalue weighted by atomic mass is 10.2. The van der Waals surface area contributed by atoms with Crippen molar-refractivity contribution in [2.24, 2.45) is 0 Å². The van der Waals surface area contributed by atoms with Crippen molar-refractivity contribution in [2.75, 3.05) is 20.3 Å². The SMILES string of the molecule is COCC(CO)NS(=O)(=O)c1ccc(F)c(C#N)c1. The Hall–Kier alpha value is -1.53. The van der Waals surface area contributed by atoms with Gasteiger partial charge in [-0.05, 0) is 18.2 Å². The van der Waals surface area contributed by atoms with Crippen LogP contribution < -0.4 is 4.72 Å². The third-order valence-corrected chi connectivity index (χ3v) is 3.80. The predicted octanol–water partition coefficient (Wildman–Crippen LogP) is -0.0170. The first kappa shape index (κ1) is 15.5. The van der Waals surface area contributed by atoms with Gasteiger partial charge in [0, 0.05) is 7.11 Å². The first-order valence-corrected chi connectivity index (χ1v) is 6.74. The van der Waals surface area contributed by atoms with Gasteiger partial charge in [-0.1, -0.05) is 0 Å². The molecule has 8 heteroatoms. The molecule has 0 heterocycles. The number of methoxy groups -OCH3 is 1. The topological polar surface area (TPSA) is 99.4 Å². The van der Waals surface area contributed by atoms with Crippen LogP contribution in [0.4, 0.5) is 4.39 Å². The van der Waals surface area contributed by atoms with E-state index in [2.05, 4.69) is 4.72 Å². The summed E-state index contributed by atoms with van der Waals surface area (Å²) in [6.07, 6.45) is 0. The van der Waals surface area contributed by atoms with E-state index in [9.17, 15) is 12.8 Å². The van der Waals surface area contributed by atoms with E-state index in [0.29, 0.717) is 0 Å². The fourth-order valence-electron chi connectivity index (χ4n) is 1.37. The van der Waals surface area contributed by atoms with Gasteiger partial charge in [-0.3, -0.25) is 0 Å². The Balaban J connectivity index is 3.04. The van der Waals surface area contributed by atoms with Crippen molar-refractivity contribution < 1.29 is 22.7 Å². The molecular formula is C11H13FN2O4S. The first-order chi connectivity index (χ1) is 8.94. The van der Waals surface area contributed by atoms with Gasteiger partial charge in [0.1, 0.15) is 11.9 Å². The van der Waals surface area contributed by atoms with E-state index in [1.165, 1.54) is 7.11 Å². The van der Waals surface area contributed by atoms with Crippen molar-refractivity contribution in [3.63, 3.8) is 0 Å². The van der Waals surface area contributed by atoms with Gasteiger partial charge in [0.05, 0.1) is 29.7 Å². The van der Waals surface area contributed by atoms with Crippen molar-refractivity contribution in [3.8, 4) is 6.07 Å². The summed E-state index contributed by atoms with van der Waals surface area (Å²) in [7, 11) is -2.59. The Morgan fingerprint density at radius 2 is 2.26 bits per heavy atom. The molecule has 1 aromatic carbocycles. The summed E-state index contributed by atoms with van der Waals surface area (Å²) in [6, 6.07) is 3.62. The summed E-state index contributed by atoms with van der Waals surface area (Å²) < 4.78 is 43.9. The largest absolute Gasteiger partial charge is 0.395 e. The molecule has 0 fully saturated rings. The molecule has 19 heavy (non-hydrogen) atoms. The highest BCUT2D eigenvalue weighted by Gasteiger charge is 2.20. The second-order valence-corrected chi connectivity index (χ2v) is 5.42. The van der Waals surface area contributed by atoms with Gasteiger partial charge >= 0.3 is 0 Å². The second-order valence-electron chi connectivity index (χ2n) is 3.71. The maximum absolute atomic E-state index is 13.1. The Labute approximate surface area is 110 Å². The number of benzene rings is 1. The Bertz CT molecular complexity index is 583. The summed E-state index contributed by atoms with van der Waals surface area (Å²) >= 11 is 0. The van der Waals surface area contributed by atoms with E-state index in [-0.39, 0.29) is 17.1 Å². The second kappa shape index (κ2) is 6.58. The van der Waals surface area contributed by atoms with Gasteiger partial charge in [0.15, 0.2) is 0 Å². The highest BCUT2D eigenvalue weighted by atomic mass is 32.2. The lowest BCUT2D eigenvalue weighted by Crippen LogP contribution is -2.40. The molecule has 1 rings (SSSR count). The number of halogens is 1. The van der Waals surface area contributed by atoms with Gasteiger partial charge in [-0.2, -0.15) is 5.26 Å². The summed E-state index contributed by atoms with van der Waals surface area (Å²) in [4.78, 5) is -0.250. The smallest absolute Gasteiger partial charge is 0.241 e. The van der Waals surface area contributed by atoms with Crippen LogP contribution in [0.1, 0.15) is 5.56 Å². The van der Waals surface area contributed by atoms with Gasteiger partial charge in [-0.25, -0.2) is 17.5 Å². The highest BCUT2D eigenvalue weighted by Crippen LogP contribution is 2.14. The molecule has 2 N–H and O–H groups in total. The van der Waals surface area contributed by atoms with Crippen LogP contribution >= 0.6 is 0 Å². The molecule has 0 aliphatic rings. The van der Waals surface area contributed by atoms with Crippen LogP contribution in [0.5, 0.6) is 0 Å². The molecule has 0 bridgehead atoms. The Morgan fingerprint density at radius 3 is 2.79 bits per heavy atom. The molecule has 6 nitrogen and oxygen atoms in total. The molecule has 0 radical (unpaired) electrons. The number of ether oxygens (including phenoxy) is 1. The van der Waals surface area contributed by atoms with E-state index in [4.69, 9.17) is 15.1 Å². The standard InChI is InChI=1S/C11H13FN2O4S/c1-18-7-9(6-15)14-19(16,17)10-2-3-11(12)8(4-10)5-13/h2-4,9,14-15H,6-7H2,1H3. The Kier molecular flexibility index (Phi) is 5.38. The highest BCUT2D eigenvalue weighted by molar-refractivity contribution is 7.89. The average molecular weight is 288 g/mol. The Morgan fingerprint density at radius 1 is 1.58 bits per heavy atom. The third-order valence-electron chi connectivity index (χ3n) is 2.28. The molecule has 0 saturated heterocycles. The predicted molar refractivity (Wildman–Crippen MR) is 64.2 cm³/mol. The fraction of sp³-hybridized carbons (Fsp3) is 0.364. The first-order valence-electron chi connectivity index (χ1n) is 5.26. The lowest BCUT2D eigenvalue weighted by Gasteiger charge is -2.15. The van der Waals surface area contributed by atoms with Crippen molar-refractivity contribution in [3.05, 3.63) is 29.6 Å². The number of sulfonamides is 1. The summed E-state index contributed by atoms with van der Waals surface area (Å²) in [5.41, 5.74) is -0.366. The molecule has 0 aliphatic heterocycles. The van der Waals surface area contributed by atoms with E-state index in [1.54, 1.807) is 6.07 Å².